The molecule has 0 spiro atoms. The summed E-state index contributed by atoms with van der Waals surface area (Å²) in [5.74, 6) is -0.00598. The number of aromatic nitrogens is 1. The Balaban J connectivity index is 1.71. The van der Waals surface area contributed by atoms with Crippen molar-refractivity contribution in [1.29, 1.82) is 0 Å². The molecule has 0 N–H and O–H groups in total. The van der Waals surface area contributed by atoms with Crippen molar-refractivity contribution >= 4 is 11.5 Å². The van der Waals surface area contributed by atoms with Gasteiger partial charge in [0.2, 0.25) is 0 Å². The van der Waals surface area contributed by atoms with Crippen LogP contribution in [0, 0.1) is 12.8 Å². The fourth-order valence-electron chi connectivity index (χ4n) is 4.07. The van der Waals surface area contributed by atoms with E-state index in [9.17, 15) is 4.79 Å². The van der Waals surface area contributed by atoms with E-state index in [0.717, 1.165) is 38.9 Å². The summed E-state index contributed by atoms with van der Waals surface area (Å²) in [6.07, 6.45) is 7.42. The van der Waals surface area contributed by atoms with Gasteiger partial charge in [0, 0.05) is 37.6 Å². The van der Waals surface area contributed by atoms with Crippen molar-refractivity contribution in [3.63, 3.8) is 0 Å². The first-order valence-corrected chi connectivity index (χ1v) is 10.4. The predicted octanol–water partition coefficient (Wildman–Crippen LogP) is 4.43. The summed E-state index contributed by atoms with van der Waals surface area (Å²) in [6, 6.07) is 12.8. The molecule has 0 saturated carbocycles. The molecule has 1 atom stereocenters. The smallest absolute Gasteiger partial charge is 0.310 e. The normalized spacial score (nSPS) is 18.2. The molecule has 4 heteroatoms. The number of benzene rings is 1. The van der Waals surface area contributed by atoms with E-state index in [2.05, 4.69) is 72.1 Å². The molecule has 1 fully saturated rings. The van der Waals surface area contributed by atoms with Gasteiger partial charge in [-0.15, -0.1) is 0 Å². The molecular formula is C24H32N2O2. The zero-order valence-corrected chi connectivity index (χ0v) is 17.4. The lowest BCUT2D eigenvalue weighted by molar-refractivity contribution is -0.149. The van der Waals surface area contributed by atoms with E-state index >= 15 is 0 Å². The minimum atomic E-state index is -0.0350. The van der Waals surface area contributed by atoms with Gasteiger partial charge in [-0.2, -0.15) is 0 Å². The third-order valence-electron chi connectivity index (χ3n) is 5.57. The minimum absolute atomic E-state index is 0.0291. The van der Waals surface area contributed by atoms with Gasteiger partial charge in [0.15, 0.2) is 0 Å². The van der Waals surface area contributed by atoms with Gasteiger partial charge in [-0.3, -0.25) is 4.79 Å². The second-order valence-corrected chi connectivity index (χ2v) is 7.62. The number of aryl methyl sites for hydroxylation is 2. The van der Waals surface area contributed by atoms with Crippen LogP contribution >= 0.6 is 0 Å². The van der Waals surface area contributed by atoms with Crippen molar-refractivity contribution in [2.75, 3.05) is 26.2 Å². The second-order valence-electron chi connectivity index (χ2n) is 7.62. The molecule has 1 saturated heterocycles. The molecule has 0 amide bonds. The van der Waals surface area contributed by atoms with Gasteiger partial charge in [-0.05, 0) is 62.9 Å². The van der Waals surface area contributed by atoms with Crippen molar-refractivity contribution in [3.05, 3.63) is 65.5 Å². The molecular weight excluding hydrogens is 348 g/mol. The van der Waals surface area contributed by atoms with E-state index in [-0.39, 0.29) is 11.9 Å². The average molecular weight is 381 g/mol. The van der Waals surface area contributed by atoms with Crippen LogP contribution in [0.4, 0.5) is 0 Å². The quantitative estimate of drug-likeness (QED) is 0.667. The molecule has 1 aliphatic heterocycles. The molecule has 3 rings (SSSR count). The Labute approximate surface area is 168 Å². The topological polar surface area (TPSA) is 34.5 Å². The number of rotatable bonds is 7. The van der Waals surface area contributed by atoms with Gasteiger partial charge in [-0.25, -0.2) is 0 Å². The van der Waals surface area contributed by atoms with Crippen LogP contribution in [0.15, 0.2) is 48.7 Å². The lowest BCUT2D eigenvalue weighted by Gasteiger charge is -2.31. The number of ether oxygens (including phenoxy) is 1. The number of piperidine rings is 1. The third-order valence-corrected chi connectivity index (χ3v) is 5.57. The Morgan fingerprint density at radius 3 is 2.79 bits per heavy atom. The number of esters is 1. The third kappa shape index (κ3) is 4.93. The molecule has 1 aliphatic rings. The van der Waals surface area contributed by atoms with Crippen LogP contribution in [0.2, 0.25) is 0 Å². The zero-order valence-electron chi connectivity index (χ0n) is 17.4. The van der Waals surface area contributed by atoms with Crippen LogP contribution < -0.4 is 0 Å². The van der Waals surface area contributed by atoms with E-state index in [1.165, 1.54) is 22.4 Å². The summed E-state index contributed by atoms with van der Waals surface area (Å²) >= 11 is 0. The zero-order chi connectivity index (χ0) is 19.9. The monoisotopic (exact) mass is 380 g/mol. The largest absolute Gasteiger partial charge is 0.466 e. The standard InChI is InChI=1S/C24H32N2O2/c1-4-28-24(27)20-11-7-16-26(18-20)17-8-13-22(23-14-9-15-25(23)3)21-12-6-5-10-19(21)2/h5-6,9-10,12-15,20H,4,7-8,11,16-18H2,1-3H3/b22-13-/t20-/m1/s1. The van der Waals surface area contributed by atoms with E-state index in [1.807, 2.05) is 6.92 Å². The Morgan fingerprint density at radius 1 is 1.25 bits per heavy atom. The fourth-order valence-corrected chi connectivity index (χ4v) is 4.07. The van der Waals surface area contributed by atoms with Gasteiger partial charge in [-0.1, -0.05) is 30.3 Å². The van der Waals surface area contributed by atoms with Gasteiger partial charge < -0.3 is 14.2 Å². The van der Waals surface area contributed by atoms with Crippen molar-refractivity contribution in [3.8, 4) is 0 Å². The van der Waals surface area contributed by atoms with Crippen molar-refractivity contribution in [1.82, 2.24) is 9.47 Å². The van der Waals surface area contributed by atoms with Crippen molar-refractivity contribution in [2.24, 2.45) is 13.0 Å². The highest BCUT2D eigenvalue weighted by atomic mass is 16.5. The molecule has 2 heterocycles. The summed E-state index contributed by atoms with van der Waals surface area (Å²) in [6.45, 7) is 7.36. The maximum atomic E-state index is 12.1. The number of nitrogens with zero attached hydrogens (tertiary/aromatic N) is 2. The van der Waals surface area contributed by atoms with Gasteiger partial charge in [0.25, 0.3) is 0 Å². The highest BCUT2D eigenvalue weighted by Crippen LogP contribution is 2.27. The number of carbonyl (C=O) groups excluding carboxylic acids is 1. The van der Waals surface area contributed by atoms with Crippen molar-refractivity contribution < 1.29 is 9.53 Å². The van der Waals surface area contributed by atoms with Crippen LogP contribution in [-0.4, -0.2) is 41.7 Å². The van der Waals surface area contributed by atoms with Gasteiger partial charge >= 0.3 is 5.97 Å². The highest BCUT2D eigenvalue weighted by molar-refractivity contribution is 5.80. The summed E-state index contributed by atoms with van der Waals surface area (Å²) in [4.78, 5) is 14.5. The summed E-state index contributed by atoms with van der Waals surface area (Å²) in [7, 11) is 2.09. The maximum Gasteiger partial charge on any atom is 0.310 e. The summed E-state index contributed by atoms with van der Waals surface area (Å²) in [5, 5.41) is 0. The van der Waals surface area contributed by atoms with Crippen LogP contribution in [-0.2, 0) is 16.6 Å². The molecule has 28 heavy (non-hydrogen) atoms. The van der Waals surface area contributed by atoms with Gasteiger partial charge in [0.1, 0.15) is 0 Å². The number of carbonyl (C=O) groups is 1. The van der Waals surface area contributed by atoms with E-state index < -0.39 is 0 Å². The first-order chi connectivity index (χ1) is 13.6. The average Bonchev–Trinajstić information content (AvgIpc) is 3.12. The lowest BCUT2D eigenvalue weighted by atomic mass is 9.96. The highest BCUT2D eigenvalue weighted by Gasteiger charge is 2.26. The van der Waals surface area contributed by atoms with E-state index in [4.69, 9.17) is 4.74 Å². The Morgan fingerprint density at radius 2 is 2.07 bits per heavy atom. The van der Waals surface area contributed by atoms with Crippen LogP contribution in [0.3, 0.4) is 0 Å². The SMILES string of the molecule is CCOC(=O)[C@@H]1CCCN(CC/C=C(/c2ccccc2C)c2cccn2C)C1. The molecule has 150 valence electrons. The first-order valence-electron chi connectivity index (χ1n) is 10.4. The molecule has 0 bridgehead atoms. The molecule has 1 aromatic carbocycles. The lowest BCUT2D eigenvalue weighted by Crippen LogP contribution is -2.39. The minimum Gasteiger partial charge on any atom is -0.466 e. The van der Waals surface area contributed by atoms with Crippen LogP contribution in [0.1, 0.15) is 43.0 Å². The Hall–Kier alpha value is -2.33. The van der Waals surface area contributed by atoms with Crippen molar-refractivity contribution in [2.45, 2.75) is 33.1 Å². The summed E-state index contributed by atoms with van der Waals surface area (Å²) in [5.41, 5.74) is 5.09. The first kappa shape index (κ1) is 20.4. The molecule has 2 aromatic rings. The number of hydrogen-bond acceptors (Lipinski definition) is 3. The Kier molecular flexibility index (Phi) is 7.10. The van der Waals surface area contributed by atoms with Crippen LogP contribution in [0.5, 0.6) is 0 Å². The maximum absolute atomic E-state index is 12.1. The molecule has 0 unspecified atom stereocenters. The van der Waals surface area contributed by atoms with E-state index in [0.29, 0.717) is 6.61 Å². The van der Waals surface area contributed by atoms with Gasteiger partial charge in [0.05, 0.1) is 12.5 Å². The summed E-state index contributed by atoms with van der Waals surface area (Å²) < 4.78 is 7.40. The second kappa shape index (κ2) is 9.74. The Bertz CT molecular complexity index is 822. The number of hydrogen-bond donors (Lipinski definition) is 0. The molecule has 1 aromatic heterocycles. The number of likely N-dealkylation sites (tertiary alicyclic amines) is 1. The van der Waals surface area contributed by atoms with E-state index in [1.54, 1.807) is 0 Å². The fraction of sp³-hybridized carbons (Fsp3) is 0.458. The molecule has 4 nitrogen and oxygen atoms in total. The van der Waals surface area contributed by atoms with Crippen LogP contribution in [0.25, 0.3) is 5.57 Å². The predicted molar refractivity (Wildman–Crippen MR) is 114 cm³/mol. The molecule has 0 radical (unpaired) electrons. The molecule has 0 aliphatic carbocycles.